The van der Waals surface area contributed by atoms with E-state index in [0.29, 0.717) is 6.42 Å². The summed E-state index contributed by atoms with van der Waals surface area (Å²) < 4.78 is 26.8. The molecule has 0 aliphatic rings. The van der Waals surface area contributed by atoms with Crippen molar-refractivity contribution >= 4 is 38.7 Å². The first-order valence-electron chi connectivity index (χ1n) is 5.76. The standard InChI is InChI=1S/C12H13NO4S3/c1-8(7-9-3-2-6-18-9)13-20(16,17)11-5-4-10(19-11)12(14)15/h2-6,8,13H,7H2,1H3,(H,14,15). The molecule has 0 amide bonds. The summed E-state index contributed by atoms with van der Waals surface area (Å²) in [4.78, 5) is 11.9. The van der Waals surface area contributed by atoms with E-state index in [-0.39, 0.29) is 15.1 Å². The smallest absolute Gasteiger partial charge is 0.345 e. The number of carbonyl (C=O) groups is 1. The Labute approximate surface area is 124 Å². The molecule has 0 aliphatic heterocycles. The Kier molecular flexibility index (Phi) is 4.59. The normalized spacial score (nSPS) is 13.2. The van der Waals surface area contributed by atoms with E-state index < -0.39 is 16.0 Å². The van der Waals surface area contributed by atoms with E-state index in [0.717, 1.165) is 16.2 Å². The molecule has 108 valence electrons. The van der Waals surface area contributed by atoms with Crippen LogP contribution in [0.5, 0.6) is 0 Å². The lowest BCUT2D eigenvalue weighted by Crippen LogP contribution is -2.33. The second-order valence-electron chi connectivity index (χ2n) is 4.23. The first-order chi connectivity index (χ1) is 9.38. The lowest BCUT2D eigenvalue weighted by molar-refractivity contribution is 0.0702. The number of carboxylic acids is 1. The summed E-state index contributed by atoms with van der Waals surface area (Å²) in [5, 5.41) is 10.8. The van der Waals surface area contributed by atoms with Gasteiger partial charge in [0, 0.05) is 10.9 Å². The van der Waals surface area contributed by atoms with Gasteiger partial charge < -0.3 is 5.11 Å². The van der Waals surface area contributed by atoms with Gasteiger partial charge in [-0.1, -0.05) is 6.07 Å². The zero-order valence-corrected chi connectivity index (χ0v) is 13.0. The molecule has 8 heteroatoms. The number of thiophene rings is 2. The molecule has 0 aromatic carbocycles. The molecule has 1 unspecified atom stereocenters. The van der Waals surface area contributed by atoms with Gasteiger partial charge in [0.25, 0.3) is 0 Å². The Morgan fingerprint density at radius 2 is 2.15 bits per heavy atom. The van der Waals surface area contributed by atoms with Crippen LogP contribution in [0.4, 0.5) is 0 Å². The Hall–Kier alpha value is -1.22. The molecule has 0 spiro atoms. The minimum Gasteiger partial charge on any atom is -0.477 e. The topological polar surface area (TPSA) is 83.5 Å². The second-order valence-corrected chi connectivity index (χ2v) is 8.29. The summed E-state index contributed by atoms with van der Waals surface area (Å²) in [7, 11) is -3.67. The van der Waals surface area contributed by atoms with Crippen LogP contribution >= 0.6 is 22.7 Å². The van der Waals surface area contributed by atoms with Gasteiger partial charge in [-0.3, -0.25) is 0 Å². The van der Waals surface area contributed by atoms with E-state index in [9.17, 15) is 13.2 Å². The molecule has 0 radical (unpaired) electrons. The fraction of sp³-hybridized carbons (Fsp3) is 0.250. The number of hydrogen-bond donors (Lipinski definition) is 2. The van der Waals surface area contributed by atoms with Gasteiger partial charge in [0.05, 0.1) is 0 Å². The van der Waals surface area contributed by atoms with Gasteiger partial charge in [-0.2, -0.15) is 0 Å². The molecule has 0 aliphatic carbocycles. The maximum absolute atomic E-state index is 12.1. The first-order valence-corrected chi connectivity index (χ1v) is 8.94. The van der Waals surface area contributed by atoms with Gasteiger partial charge in [0.15, 0.2) is 0 Å². The Balaban J connectivity index is 2.08. The largest absolute Gasteiger partial charge is 0.477 e. The molecule has 2 aromatic heterocycles. The molecule has 1 atom stereocenters. The molecule has 0 fully saturated rings. The van der Waals surface area contributed by atoms with Gasteiger partial charge >= 0.3 is 5.97 Å². The lowest BCUT2D eigenvalue weighted by atomic mass is 10.2. The maximum atomic E-state index is 12.1. The van der Waals surface area contributed by atoms with Crippen LogP contribution in [0.15, 0.2) is 33.9 Å². The van der Waals surface area contributed by atoms with Crippen LogP contribution in [0.1, 0.15) is 21.5 Å². The van der Waals surface area contributed by atoms with Crippen LogP contribution in [-0.4, -0.2) is 25.5 Å². The van der Waals surface area contributed by atoms with E-state index >= 15 is 0 Å². The number of nitrogens with one attached hydrogen (secondary N) is 1. The molecule has 0 bridgehead atoms. The summed E-state index contributed by atoms with van der Waals surface area (Å²) in [6.45, 7) is 1.78. The van der Waals surface area contributed by atoms with E-state index in [2.05, 4.69) is 4.72 Å². The molecule has 20 heavy (non-hydrogen) atoms. The van der Waals surface area contributed by atoms with E-state index in [1.165, 1.54) is 12.1 Å². The fourth-order valence-electron chi connectivity index (χ4n) is 1.67. The lowest BCUT2D eigenvalue weighted by Gasteiger charge is -2.12. The number of aromatic carboxylic acids is 1. The van der Waals surface area contributed by atoms with Crippen LogP contribution in [0.3, 0.4) is 0 Å². The number of carboxylic acid groups (broad SMARTS) is 1. The Bertz CT molecular complexity index is 688. The molecule has 2 rings (SSSR count). The minimum absolute atomic E-state index is 0.0104. The highest BCUT2D eigenvalue weighted by Crippen LogP contribution is 2.22. The molecule has 0 saturated carbocycles. The van der Waals surface area contributed by atoms with E-state index in [1.54, 1.807) is 18.3 Å². The van der Waals surface area contributed by atoms with Crippen LogP contribution in [0.25, 0.3) is 0 Å². The number of rotatable bonds is 6. The van der Waals surface area contributed by atoms with Crippen LogP contribution in [0, 0.1) is 0 Å². The molecule has 2 aromatic rings. The quantitative estimate of drug-likeness (QED) is 0.851. The SMILES string of the molecule is CC(Cc1cccs1)NS(=O)(=O)c1ccc(C(=O)O)s1. The van der Waals surface area contributed by atoms with Crippen molar-refractivity contribution in [3.63, 3.8) is 0 Å². The van der Waals surface area contributed by atoms with Crippen molar-refractivity contribution in [2.24, 2.45) is 0 Å². The molecule has 2 N–H and O–H groups in total. The molecule has 0 saturated heterocycles. The van der Waals surface area contributed by atoms with Crippen molar-refractivity contribution in [2.75, 3.05) is 0 Å². The number of hydrogen-bond acceptors (Lipinski definition) is 5. The van der Waals surface area contributed by atoms with Crippen molar-refractivity contribution in [3.8, 4) is 0 Å². The first kappa shape index (κ1) is 15.2. The predicted molar refractivity (Wildman–Crippen MR) is 79.1 cm³/mol. The van der Waals surface area contributed by atoms with Gasteiger partial charge in [-0.15, -0.1) is 22.7 Å². The summed E-state index contributed by atoms with van der Waals surface area (Å²) in [5.41, 5.74) is 0. The second kappa shape index (κ2) is 6.04. The summed E-state index contributed by atoms with van der Waals surface area (Å²) in [6, 6.07) is 6.22. The van der Waals surface area contributed by atoms with Gasteiger partial charge in [-0.05, 0) is 36.9 Å². The van der Waals surface area contributed by atoms with Crippen molar-refractivity contribution in [2.45, 2.75) is 23.6 Å². The highest BCUT2D eigenvalue weighted by molar-refractivity contribution is 7.91. The fourth-order valence-corrected chi connectivity index (χ4v) is 4.92. The summed E-state index contributed by atoms with van der Waals surface area (Å²) in [5.74, 6) is -1.12. The average molecular weight is 331 g/mol. The van der Waals surface area contributed by atoms with E-state index in [4.69, 9.17) is 5.11 Å². The average Bonchev–Trinajstić information content (AvgIpc) is 2.97. The molecule has 5 nitrogen and oxygen atoms in total. The van der Waals surface area contributed by atoms with Crippen LogP contribution in [0.2, 0.25) is 0 Å². The third-order valence-electron chi connectivity index (χ3n) is 2.50. The van der Waals surface area contributed by atoms with Gasteiger partial charge in [0.2, 0.25) is 10.0 Å². The third-order valence-corrected chi connectivity index (χ3v) is 6.55. The summed E-state index contributed by atoms with van der Waals surface area (Å²) >= 11 is 2.32. The predicted octanol–water partition coefficient (Wildman–Crippen LogP) is 2.42. The third kappa shape index (κ3) is 3.66. The van der Waals surface area contributed by atoms with Gasteiger partial charge in [-0.25, -0.2) is 17.9 Å². The summed E-state index contributed by atoms with van der Waals surface area (Å²) in [6.07, 6.45) is 0.605. The van der Waals surface area contributed by atoms with Crippen molar-refractivity contribution in [1.29, 1.82) is 0 Å². The van der Waals surface area contributed by atoms with Crippen molar-refractivity contribution < 1.29 is 18.3 Å². The zero-order chi connectivity index (χ0) is 14.8. The minimum atomic E-state index is -3.67. The van der Waals surface area contributed by atoms with E-state index in [1.807, 2.05) is 17.5 Å². The zero-order valence-electron chi connectivity index (χ0n) is 10.6. The monoisotopic (exact) mass is 331 g/mol. The molecular formula is C12H13NO4S3. The van der Waals surface area contributed by atoms with Crippen LogP contribution in [-0.2, 0) is 16.4 Å². The Morgan fingerprint density at radius 1 is 1.40 bits per heavy atom. The van der Waals surface area contributed by atoms with Crippen LogP contribution < -0.4 is 4.72 Å². The van der Waals surface area contributed by atoms with Crippen molar-refractivity contribution in [1.82, 2.24) is 4.72 Å². The number of sulfonamides is 1. The molecular weight excluding hydrogens is 318 g/mol. The maximum Gasteiger partial charge on any atom is 0.345 e. The van der Waals surface area contributed by atoms with Crippen molar-refractivity contribution in [3.05, 3.63) is 39.4 Å². The Morgan fingerprint density at radius 3 is 2.70 bits per heavy atom. The highest BCUT2D eigenvalue weighted by Gasteiger charge is 2.21. The highest BCUT2D eigenvalue weighted by atomic mass is 32.2. The van der Waals surface area contributed by atoms with Gasteiger partial charge in [0.1, 0.15) is 9.09 Å². The molecule has 2 heterocycles.